The highest BCUT2D eigenvalue weighted by molar-refractivity contribution is 6.13. The zero-order valence-corrected chi connectivity index (χ0v) is 79.9. The van der Waals surface area contributed by atoms with E-state index in [1.54, 1.807) is 83.1 Å². The highest BCUT2D eigenvalue weighted by Crippen LogP contribution is 2.55. The second-order valence-electron chi connectivity index (χ2n) is 39.7. The van der Waals surface area contributed by atoms with E-state index >= 15 is 0 Å². The van der Waals surface area contributed by atoms with Crippen LogP contribution in [0.4, 0.5) is 71.9 Å². The van der Waals surface area contributed by atoms with E-state index in [-0.39, 0.29) is 189 Å². The number of amides is 4. The number of likely N-dealkylation sites (tertiary alicyclic amines) is 4. The molecule has 8 aliphatic rings. The Morgan fingerprint density at radius 1 is 0.336 bits per heavy atom. The Kier molecular flexibility index (Phi) is 27.6. The number of aromatic nitrogens is 4. The van der Waals surface area contributed by atoms with E-state index in [2.05, 4.69) is 19.9 Å². The van der Waals surface area contributed by atoms with Gasteiger partial charge < -0.3 is 67.1 Å². The molecule has 2 N–H and O–H groups in total. The number of benzene rings is 4. The first kappa shape index (κ1) is 104. The molecule has 10 atom stereocenters. The van der Waals surface area contributed by atoms with Gasteiger partial charge in [-0.15, -0.1) is 0 Å². The van der Waals surface area contributed by atoms with Crippen molar-refractivity contribution in [3.63, 3.8) is 0 Å². The zero-order valence-electron chi connectivity index (χ0n) is 79.9. The molecule has 4 aromatic carbocycles. The van der Waals surface area contributed by atoms with Gasteiger partial charge in [-0.2, -0.15) is 52.7 Å². The molecule has 4 aromatic heterocycles. The summed E-state index contributed by atoms with van der Waals surface area (Å²) in [6.45, 7) is 25.6. The monoisotopic (exact) mass is 1980 g/mol. The average Bonchev–Trinajstić information content (AvgIpc) is 1.47. The van der Waals surface area contributed by atoms with Crippen LogP contribution in [0.1, 0.15) is 224 Å². The maximum Gasteiger partial charge on any atom is 0.418 e. The number of carbonyl (C=O) groups is 10. The van der Waals surface area contributed by atoms with Gasteiger partial charge in [0, 0.05) is 71.2 Å². The molecule has 0 aliphatic carbocycles. The van der Waals surface area contributed by atoms with Crippen LogP contribution < -0.4 is 18.9 Å². The molecule has 4 spiro atoms. The number of alkyl halides is 12. The molecule has 0 bridgehead atoms. The molecule has 0 saturated carbocycles. The van der Waals surface area contributed by atoms with E-state index in [0.717, 1.165) is 24.3 Å². The fourth-order valence-corrected chi connectivity index (χ4v) is 19.0. The molecule has 4 saturated heterocycles. The summed E-state index contributed by atoms with van der Waals surface area (Å²) < 4.78 is 229. The Morgan fingerprint density at radius 2 is 0.550 bits per heavy atom. The molecular weight excluding hydrogens is 1880 g/mol. The number of ether oxygens (including phenoxy) is 12. The molecule has 16 rings (SSSR count). The fraction of sp³-hybridized carbons (Fsp3) is 0.521. The maximum atomic E-state index is 13.6. The smallest absolute Gasteiger partial charge is 0.418 e. The number of esters is 4. The third-order valence-electron chi connectivity index (χ3n) is 24.5. The predicted molar refractivity (Wildman–Crippen MR) is 470 cm³/mol. The number of hydrogen-bond acceptors (Lipinski definition) is 28. The molecule has 8 aromatic rings. The van der Waals surface area contributed by atoms with Gasteiger partial charge in [-0.1, -0.05) is 48.5 Å². The lowest BCUT2D eigenvalue weighted by atomic mass is 9.85. The average molecular weight is 1980 g/mol. The number of aliphatic hydroxyl groups is 2. The van der Waals surface area contributed by atoms with Gasteiger partial charge >= 0.3 is 73.0 Å². The summed E-state index contributed by atoms with van der Waals surface area (Å²) in [4.78, 5) is 150. The maximum absolute atomic E-state index is 13.6. The number of Topliss-reactive ketones (excluding diaryl/α,β-unsaturated/α-hetero) is 2. The highest BCUT2D eigenvalue weighted by atomic mass is 19.4. The first-order valence-corrected chi connectivity index (χ1v) is 44.1. The van der Waals surface area contributed by atoms with E-state index in [1.807, 2.05) is 0 Å². The lowest BCUT2D eigenvalue weighted by Crippen LogP contribution is -2.47. The van der Waals surface area contributed by atoms with Crippen LogP contribution in [0.2, 0.25) is 0 Å². The minimum absolute atomic E-state index is 0.00885. The Morgan fingerprint density at radius 3 is 0.786 bits per heavy atom. The molecule has 756 valence electrons. The number of aliphatic hydroxyl groups excluding tert-OH is 2. The SMILES string of the molecule is COC(=O)[C@@H]1C[C@@]2(CC(=O)c3c(c(C)nc4c(C(F)(F)F)cccc34)O2)CN1C(=O)OC(C)(C)C.COC(=O)[C@@H]1C[C@@]2(CC(O)c3c(c(C)nc4c(C(F)(F)F)cccc34)O2)CN1C(=O)OC(C)(C)C.COC(=O)[C@@H]1C[C@]2(CC(=O)c3c(c(C)nc4c(C(F)(F)F)cccc34)O2)CN1C(=O)OC(C)(C)C.COC(=O)[C@@H]1C[C@]2(CC(O)c3c(c(C)nc4c(C(F)(F)F)cccc34)O2)CN1C(=O)OC(C)(C)C. The van der Waals surface area contributed by atoms with Crippen molar-refractivity contribution in [3.05, 3.63) is 140 Å². The van der Waals surface area contributed by atoms with Crippen molar-refractivity contribution in [2.24, 2.45) is 0 Å². The minimum atomic E-state index is -4.65. The van der Waals surface area contributed by atoms with Gasteiger partial charge in [-0.3, -0.25) is 29.2 Å². The van der Waals surface area contributed by atoms with E-state index < -0.39 is 188 Å². The zero-order chi connectivity index (χ0) is 104. The number of methoxy groups -OCH3 is 4. The first-order chi connectivity index (χ1) is 64.6. The molecule has 0 radical (unpaired) electrons. The summed E-state index contributed by atoms with van der Waals surface area (Å²) in [7, 11) is 4.76. The largest absolute Gasteiger partial charge is 0.483 e. The molecule has 44 heteroatoms. The summed E-state index contributed by atoms with van der Waals surface area (Å²) in [5.41, 5.74) is -12.2. The number of halogens is 12. The molecule has 4 fully saturated rings. The Balaban J connectivity index is 0.000000157. The van der Waals surface area contributed by atoms with Crippen LogP contribution in [-0.4, -0.2) is 233 Å². The highest BCUT2D eigenvalue weighted by Gasteiger charge is 2.61. The molecule has 140 heavy (non-hydrogen) atoms. The first-order valence-electron chi connectivity index (χ1n) is 44.1. The number of para-hydroxylation sites is 4. The van der Waals surface area contributed by atoms with Crippen molar-refractivity contribution in [1.29, 1.82) is 0 Å². The van der Waals surface area contributed by atoms with Crippen molar-refractivity contribution < 1.29 is 168 Å². The fourth-order valence-electron chi connectivity index (χ4n) is 19.0. The Labute approximate surface area is 793 Å². The van der Waals surface area contributed by atoms with Gasteiger partial charge in [0.05, 0.1) is 158 Å². The standard InChI is InChI=1S/2C24H27F3N2O6.2C24H25F3N2O6/c4*1-12-19-17(13-7-6-8-14(18(13)28-12)24(25,26)27)16(30)10-23(34-19)9-15(20(31)33-5)29(11-23)21(32)35-22(2,3)4/h2*6-8,15-16,30H,9-11H2,1-5H3;2*6-8,15H,9-11H2,1-5H3/t15-,16?,23+;15-,16?,23-;15-,23+;15-,23-/m0000/s1. The van der Waals surface area contributed by atoms with Gasteiger partial charge in [0.25, 0.3) is 0 Å². The van der Waals surface area contributed by atoms with Crippen LogP contribution in [0, 0.1) is 27.7 Å². The summed E-state index contributed by atoms with van der Waals surface area (Å²) in [5.74, 6) is -3.28. The molecule has 12 heterocycles. The van der Waals surface area contributed by atoms with Crippen LogP contribution in [0.25, 0.3) is 43.6 Å². The predicted octanol–water partition coefficient (Wildman–Crippen LogP) is 17.5. The van der Waals surface area contributed by atoms with Crippen molar-refractivity contribution in [2.75, 3.05) is 54.6 Å². The number of fused-ring (bicyclic) bond motifs is 12. The summed E-state index contributed by atoms with van der Waals surface area (Å²) >= 11 is 0. The summed E-state index contributed by atoms with van der Waals surface area (Å²) in [6, 6.07) is 10.2. The number of hydrogen-bond donors (Lipinski definition) is 2. The molecular formula is C96H104F12N8O24. The third kappa shape index (κ3) is 21.0. The van der Waals surface area contributed by atoms with Crippen molar-refractivity contribution in [2.45, 2.75) is 268 Å². The van der Waals surface area contributed by atoms with Crippen LogP contribution in [0.3, 0.4) is 0 Å². The Hall–Kier alpha value is -12.9. The van der Waals surface area contributed by atoms with Crippen LogP contribution >= 0.6 is 0 Å². The lowest BCUT2D eigenvalue weighted by Gasteiger charge is -2.39. The summed E-state index contributed by atoms with van der Waals surface area (Å²) in [6.07, 6.45) is -24.7. The third-order valence-corrected chi connectivity index (χ3v) is 24.5. The minimum Gasteiger partial charge on any atom is -0.483 e. The van der Waals surface area contributed by atoms with Crippen LogP contribution in [-0.2, 0) is 81.8 Å². The van der Waals surface area contributed by atoms with Gasteiger partial charge in [0.15, 0.2) is 23.1 Å². The molecule has 8 aliphatic heterocycles. The van der Waals surface area contributed by atoms with Crippen molar-refractivity contribution >= 4 is 103 Å². The topological polar surface area (TPSA) is 386 Å². The normalized spacial score (nSPS) is 23.3. The van der Waals surface area contributed by atoms with Gasteiger partial charge in [-0.25, -0.2) is 58.3 Å². The van der Waals surface area contributed by atoms with Crippen LogP contribution in [0.5, 0.6) is 23.0 Å². The molecule has 2 unspecified atom stereocenters. The Bertz CT molecular complexity index is 5990. The number of pyridine rings is 4. The number of aryl methyl sites for hydroxylation is 4. The van der Waals surface area contributed by atoms with Gasteiger partial charge in [0.1, 0.15) is 80.5 Å². The molecule has 32 nitrogen and oxygen atoms in total. The van der Waals surface area contributed by atoms with Gasteiger partial charge in [0.2, 0.25) is 0 Å². The second kappa shape index (κ2) is 37.0. The quantitative estimate of drug-likeness (QED) is 0.0938. The number of ketones is 2. The number of carbonyl (C=O) groups excluding carboxylic acids is 10. The van der Waals surface area contributed by atoms with E-state index in [1.165, 1.54) is 124 Å². The number of nitrogens with zero attached hydrogens (tertiary/aromatic N) is 8. The van der Waals surface area contributed by atoms with E-state index in [9.17, 15) is 111 Å². The van der Waals surface area contributed by atoms with Crippen LogP contribution in [0.15, 0.2) is 72.8 Å². The second-order valence-corrected chi connectivity index (χ2v) is 39.7. The van der Waals surface area contributed by atoms with E-state index in [0.29, 0.717) is 0 Å². The van der Waals surface area contributed by atoms with Crippen molar-refractivity contribution in [1.82, 2.24) is 39.5 Å². The van der Waals surface area contributed by atoms with Gasteiger partial charge in [-0.05, 0) is 135 Å². The number of rotatable bonds is 4. The summed E-state index contributed by atoms with van der Waals surface area (Å²) in [5, 5.41) is 22.6. The van der Waals surface area contributed by atoms with E-state index in [4.69, 9.17) is 56.8 Å². The molecule has 4 amide bonds. The van der Waals surface area contributed by atoms with Crippen molar-refractivity contribution in [3.8, 4) is 23.0 Å². The lowest BCUT2D eigenvalue weighted by molar-refractivity contribution is -0.146.